The molecule has 0 spiro atoms. The number of piperidine rings is 1. The van der Waals surface area contributed by atoms with Crippen molar-refractivity contribution in [3.63, 3.8) is 0 Å². The van der Waals surface area contributed by atoms with E-state index in [0.717, 1.165) is 48.8 Å². The van der Waals surface area contributed by atoms with E-state index >= 15 is 0 Å². The van der Waals surface area contributed by atoms with Crippen molar-refractivity contribution in [3.05, 3.63) is 12.1 Å². The number of aromatic hydroxyl groups is 1. The number of aromatic nitrogens is 2. The molecule has 4 rings (SSSR count). The van der Waals surface area contributed by atoms with E-state index in [0.29, 0.717) is 5.75 Å². The van der Waals surface area contributed by atoms with Gasteiger partial charge in [0.2, 0.25) is 5.95 Å². The third kappa shape index (κ3) is 2.70. The van der Waals surface area contributed by atoms with E-state index in [1.54, 1.807) is 13.2 Å². The third-order valence-electron chi connectivity index (χ3n) is 5.01. The minimum atomic E-state index is 0.140. The summed E-state index contributed by atoms with van der Waals surface area (Å²) in [5.41, 5.74) is 0.835. The maximum atomic E-state index is 10.2. The van der Waals surface area contributed by atoms with Crippen LogP contribution in [-0.2, 0) is 0 Å². The molecule has 2 fully saturated rings. The molecule has 6 heteroatoms. The fourth-order valence-electron chi connectivity index (χ4n) is 3.69. The number of anilines is 2. The Bertz CT molecular complexity index is 737. The topological polar surface area (TPSA) is 61.7 Å². The zero-order valence-electron chi connectivity index (χ0n) is 14.2. The molecule has 0 unspecified atom stereocenters. The molecule has 24 heavy (non-hydrogen) atoms. The zero-order chi connectivity index (χ0) is 16.5. The van der Waals surface area contributed by atoms with Gasteiger partial charge in [-0.1, -0.05) is 0 Å². The molecule has 2 aliphatic rings. The van der Waals surface area contributed by atoms with Crippen molar-refractivity contribution in [3.8, 4) is 11.5 Å². The maximum absolute atomic E-state index is 10.2. The number of rotatable bonds is 3. The van der Waals surface area contributed by atoms with Crippen LogP contribution in [0, 0.1) is 0 Å². The number of benzene rings is 1. The first-order valence-corrected chi connectivity index (χ1v) is 8.85. The Hall–Kier alpha value is -2.24. The fraction of sp³-hybridized carbons (Fsp3) is 0.556. The third-order valence-corrected chi connectivity index (χ3v) is 5.01. The summed E-state index contributed by atoms with van der Waals surface area (Å²) in [6.07, 6.45) is 6.04. The average Bonchev–Trinajstić information content (AvgIpc) is 3.16. The first-order chi connectivity index (χ1) is 11.8. The SMILES string of the molecule is COc1cc2nc(N3CCCC3)nc(N3CCCCC3)c2cc1O. The monoisotopic (exact) mass is 328 g/mol. The van der Waals surface area contributed by atoms with E-state index in [9.17, 15) is 5.11 Å². The fourth-order valence-corrected chi connectivity index (χ4v) is 3.69. The van der Waals surface area contributed by atoms with Crippen LogP contribution in [0.15, 0.2) is 12.1 Å². The van der Waals surface area contributed by atoms with Gasteiger partial charge < -0.3 is 19.6 Å². The average molecular weight is 328 g/mol. The van der Waals surface area contributed by atoms with E-state index in [1.807, 2.05) is 6.07 Å². The second kappa shape index (κ2) is 6.34. The van der Waals surface area contributed by atoms with E-state index in [2.05, 4.69) is 9.80 Å². The molecule has 0 aliphatic carbocycles. The van der Waals surface area contributed by atoms with Crippen LogP contribution in [0.1, 0.15) is 32.1 Å². The summed E-state index contributed by atoms with van der Waals surface area (Å²) >= 11 is 0. The van der Waals surface area contributed by atoms with Crippen LogP contribution in [0.3, 0.4) is 0 Å². The Morgan fingerprint density at radius 1 is 0.917 bits per heavy atom. The molecule has 0 atom stereocenters. The Kier molecular flexibility index (Phi) is 4.04. The van der Waals surface area contributed by atoms with Crippen molar-refractivity contribution >= 4 is 22.7 Å². The first-order valence-electron chi connectivity index (χ1n) is 8.85. The summed E-state index contributed by atoms with van der Waals surface area (Å²) in [4.78, 5) is 14.2. The number of ether oxygens (including phenoxy) is 1. The van der Waals surface area contributed by atoms with E-state index in [-0.39, 0.29) is 5.75 Å². The Balaban J connectivity index is 1.87. The highest BCUT2D eigenvalue weighted by atomic mass is 16.5. The predicted molar refractivity (Wildman–Crippen MR) is 95.3 cm³/mol. The van der Waals surface area contributed by atoms with Crippen LogP contribution in [0.5, 0.6) is 11.5 Å². The molecule has 6 nitrogen and oxygen atoms in total. The number of fused-ring (bicyclic) bond motifs is 1. The molecule has 1 aromatic heterocycles. The van der Waals surface area contributed by atoms with Gasteiger partial charge in [0.15, 0.2) is 11.5 Å². The van der Waals surface area contributed by atoms with Crippen LogP contribution in [0.2, 0.25) is 0 Å². The summed E-state index contributed by atoms with van der Waals surface area (Å²) in [5.74, 6) is 2.34. The Morgan fingerprint density at radius 3 is 2.29 bits per heavy atom. The molecule has 0 bridgehead atoms. The minimum absolute atomic E-state index is 0.140. The number of methoxy groups -OCH3 is 1. The first kappa shape index (κ1) is 15.3. The lowest BCUT2D eigenvalue weighted by molar-refractivity contribution is 0.374. The molecule has 0 amide bonds. The van der Waals surface area contributed by atoms with Gasteiger partial charge in [0, 0.05) is 37.6 Å². The summed E-state index contributed by atoms with van der Waals surface area (Å²) in [5, 5.41) is 11.1. The highest BCUT2D eigenvalue weighted by molar-refractivity contribution is 5.93. The molecule has 2 aliphatic heterocycles. The van der Waals surface area contributed by atoms with Gasteiger partial charge >= 0.3 is 0 Å². The lowest BCUT2D eigenvalue weighted by Gasteiger charge is -2.29. The minimum Gasteiger partial charge on any atom is -0.504 e. The van der Waals surface area contributed by atoms with Gasteiger partial charge in [0.25, 0.3) is 0 Å². The summed E-state index contributed by atoms with van der Waals surface area (Å²) < 4.78 is 5.27. The molecule has 2 saturated heterocycles. The lowest BCUT2D eigenvalue weighted by atomic mass is 10.1. The van der Waals surface area contributed by atoms with Crippen molar-refractivity contribution < 1.29 is 9.84 Å². The number of hydrogen-bond donors (Lipinski definition) is 1. The molecular formula is C18H24N4O2. The molecule has 2 aromatic rings. The quantitative estimate of drug-likeness (QED) is 0.935. The van der Waals surface area contributed by atoms with Crippen molar-refractivity contribution in [2.75, 3.05) is 43.1 Å². The molecular weight excluding hydrogens is 304 g/mol. The zero-order valence-corrected chi connectivity index (χ0v) is 14.2. The summed E-state index contributed by atoms with van der Waals surface area (Å²) in [6.45, 7) is 4.05. The van der Waals surface area contributed by atoms with E-state index < -0.39 is 0 Å². The summed E-state index contributed by atoms with van der Waals surface area (Å²) in [7, 11) is 1.56. The van der Waals surface area contributed by atoms with Crippen LogP contribution in [0.25, 0.3) is 10.9 Å². The van der Waals surface area contributed by atoms with Crippen LogP contribution >= 0.6 is 0 Å². The van der Waals surface area contributed by atoms with Crippen molar-refractivity contribution in [1.82, 2.24) is 9.97 Å². The Morgan fingerprint density at radius 2 is 1.58 bits per heavy atom. The van der Waals surface area contributed by atoms with Gasteiger partial charge in [0.05, 0.1) is 12.6 Å². The van der Waals surface area contributed by atoms with Crippen LogP contribution in [0.4, 0.5) is 11.8 Å². The second-order valence-electron chi connectivity index (χ2n) is 6.63. The largest absolute Gasteiger partial charge is 0.504 e. The van der Waals surface area contributed by atoms with Gasteiger partial charge in [-0.05, 0) is 38.2 Å². The molecule has 128 valence electrons. The number of phenolic OH excluding ortho intramolecular Hbond substituents is 1. The standard InChI is InChI=1S/C18H24N4O2/c1-24-16-12-14-13(11-15(16)23)17(21-7-3-2-4-8-21)20-18(19-14)22-9-5-6-10-22/h11-12,23H,2-10H2,1H3. The van der Waals surface area contributed by atoms with Crippen LogP contribution in [-0.4, -0.2) is 48.4 Å². The normalized spacial score (nSPS) is 18.4. The molecule has 1 aromatic carbocycles. The van der Waals surface area contributed by atoms with Crippen molar-refractivity contribution in [2.45, 2.75) is 32.1 Å². The lowest BCUT2D eigenvalue weighted by Crippen LogP contribution is -2.31. The van der Waals surface area contributed by atoms with Gasteiger partial charge in [-0.25, -0.2) is 4.98 Å². The number of phenols is 1. The van der Waals surface area contributed by atoms with Gasteiger partial charge in [-0.2, -0.15) is 4.98 Å². The molecule has 0 radical (unpaired) electrons. The van der Waals surface area contributed by atoms with E-state index in [4.69, 9.17) is 14.7 Å². The molecule has 0 saturated carbocycles. The maximum Gasteiger partial charge on any atom is 0.227 e. The van der Waals surface area contributed by atoms with Crippen molar-refractivity contribution in [1.29, 1.82) is 0 Å². The van der Waals surface area contributed by atoms with Crippen LogP contribution < -0.4 is 14.5 Å². The number of hydrogen-bond acceptors (Lipinski definition) is 6. The van der Waals surface area contributed by atoms with Gasteiger partial charge in [-0.3, -0.25) is 0 Å². The highest BCUT2D eigenvalue weighted by Gasteiger charge is 2.22. The second-order valence-corrected chi connectivity index (χ2v) is 6.63. The molecule has 3 heterocycles. The number of nitrogens with zero attached hydrogens (tertiary/aromatic N) is 4. The summed E-state index contributed by atoms with van der Waals surface area (Å²) in [6, 6.07) is 3.56. The smallest absolute Gasteiger partial charge is 0.227 e. The van der Waals surface area contributed by atoms with E-state index in [1.165, 1.54) is 32.1 Å². The Labute approximate surface area is 142 Å². The van der Waals surface area contributed by atoms with Crippen molar-refractivity contribution in [2.24, 2.45) is 0 Å². The van der Waals surface area contributed by atoms with Gasteiger partial charge in [-0.15, -0.1) is 0 Å². The predicted octanol–water partition coefficient (Wildman–Crippen LogP) is 2.93. The van der Waals surface area contributed by atoms with Gasteiger partial charge in [0.1, 0.15) is 5.82 Å². The highest BCUT2D eigenvalue weighted by Crippen LogP contribution is 2.36. The molecule has 1 N–H and O–H groups in total.